The second-order valence-electron chi connectivity index (χ2n) is 5.29. The minimum atomic E-state index is 0.515. The number of hydrogen-bond acceptors (Lipinski definition) is 0. The molecule has 0 bridgehead atoms. The Labute approximate surface area is 112 Å². The minimum Gasteiger partial charge on any atom is -0.0848 e. The summed E-state index contributed by atoms with van der Waals surface area (Å²) in [6.07, 6.45) is 16.8. The Balaban J connectivity index is 3.20. The molecule has 0 heterocycles. The number of allylic oxidation sites excluding steroid dienone is 10. The van der Waals surface area contributed by atoms with Gasteiger partial charge < -0.3 is 0 Å². The first-order valence-corrected chi connectivity index (χ1v) is 7.00. The van der Waals surface area contributed by atoms with Crippen LogP contribution in [0.25, 0.3) is 0 Å². The molecule has 18 heavy (non-hydrogen) atoms. The summed E-state index contributed by atoms with van der Waals surface area (Å²) in [5, 5.41) is 0. The molecule has 0 N–H and O–H groups in total. The smallest absolute Gasteiger partial charge is 0.00752 e. The Morgan fingerprint density at radius 2 is 1.94 bits per heavy atom. The zero-order chi connectivity index (χ0) is 13.5. The lowest BCUT2D eigenvalue weighted by Gasteiger charge is -2.12. The molecule has 1 aliphatic rings. The summed E-state index contributed by atoms with van der Waals surface area (Å²) in [6.45, 7) is 11.1. The van der Waals surface area contributed by atoms with Crippen molar-refractivity contribution in [2.75, 3.05) is 0 Å². The predicted molar refractivity (Wildman–Crippen MR) is 82.5 cm³/mol. The number of hydrogen-bond donors (Lipinski definition) is 0. The Kier molecular flexibility index (Phi) is 5.91. The Hall–Kier alpha value is -1.30. The topological polar surface area (TPSA) is 0 Å². The minimum absolute atomic E-state index is 0.515. The van der Waals surface area contributed by atoms with E-state index in [2.05, 4.69) is 77.2 Å². The molecular weight excluding hydrogens is 216 g/mol. The van der Waals surface area contributed by atoms with Crippen molar-refractivity contribution in [1.82, 2.24) is 0 Å². The van der Waals surface area contributed by atoms with E-state index in [4.69, 9.17) is 0 Å². The monoisotopic (exact) mass is 242 g/mol. The Morgan fingerprint density at radius 3 is 2.56 bits per heavy atom. The second kappa shape index (κ2) is 7.20. The summed E-state index contributed by atoms with van der Waals surface area (Å²) in [4.78, 5) is 0. The fourth-order valence-corrected chi connectivity index (χ4v) is 1.88. The third-order valence-electron chi connectivity index (χ3n) is 3.40. The van der Waals surface area contributed by atoms with Crippen molar-refractivity contribution in [2.24, 2.45) is 11.8 Å². The first-order valence-electron chi connectivity index (χ1n) is 7.00. The molecule has 0 nitrogen and oxygen atoms in total. The van der Waals surface area contributed by atoms with E-state index >= 15 is 0 Å². The third-order valence-corrected chi connectivity index (χ3v) is 3.40. The van der Waals surface area contributed by atoms with Gasteiger partial charge in [0.1, 0.15) is 0 Å². The van der Waals surface area contributed by atoms with Crippen LogP contribution in [0.3, 0.4) is 0 Å². The van der Waals surface area contributed by atoms with Crippen molar-refractivity contribution in [2.45, 2.75) is 41.0 Å². The highest BCUT2D eigenvalue weighted by Gasteiger charge is 2.09. The van der Waals surface area contributed by atoms with Crippen LogP contribution in [0.2, 0.25) is 0 Å². The molecule has 1 atom stereocenters. The van der Waals surface area contributed by atoms with Crippen LogP contribution in [0.4, 0.5) is 0 Å². The summed E-state index contributed by atoms with van der Waals surface area (Å²) in [6, 6.07) is 0. The maximum Gasteiger partial charge on any atom is -0.00752 e. The molecule has 0 heteroatoms. The lowest BCUT2D eigenvalue weighted by Crippen LogP contribution is -1.96. The summed E-state index contributed by atoms with van der Waals surface area (Å²) in [5.41, 5.74) is 4.17. The van der Waals surface area contributed by atoms with E-state index in [9.17, 15) is 0 Å². The van der Waals surface area contributed by atoms with Gasteiger partial charge in [-0.25, -0.2) is 0 Å². The fraction of sp³-hybridized carbons (Fsp3) is 0.444. The molecule has 0 saturated carbocycles. The Morgan fingerprint density at radius 1 is 1.28 bits per heavy atom. The third kappa shape index (κ3) is 4.18. The first-order chi connectivity index (χ1) is 8.56. The molecule has 98 valence electrons. The van der Waals surface area contributed by atoms with Gasteiger partial charge in [0.25, 0.3) is 0 Å². The standard InChI is InChI=1S/C18H26/c1-6-7-8-9-17-12-10-15(4)11-13-18(17)16(5)14(2)3/h7-15H,6H2,1-5H3/b8-7+,17-9-,18-16+. The molecule has 0 spiro atoms. The van der Waals surface area contributed by atoms with Gasteiger partial charge >= 0.3 is 0 Å². The summed E-state index contributed by atoms with van der Waals surface area (Å²) < 4.78 is 0. The Bertz CT molecular complexity index is 411. The van der Waals surface area contributed by atoms with Gasteiger partial charge in [0.2, 0.25) is 0 Å². The van der Waals surface area contributed by atoms with E-state index in [-0.39, 0.29) is 0 Å². The quantitative estimate of drug-likeness (QED) is 0.603. The van der Waals surface area contributed by atoms with Crippen LogP contribution in [0, 0.1) is 11.8 Å². The highest BCUT2D eigenvalue weighted by molar-refractivity contribution is 5.52. The van der Waals surface area contributed by atoms with Crippen LogP contribution in [-0.2, 0) is 0 Å². The normalized spacial score (nSPS) is 25.2. The van der Waals surface area contributed by atoms with Crippen molar-refractivity contribution >= 4 is 0 Å². The molecule has 1 aliphatic carbocycles. The lowest BCUT2D eigenvalue weighted by molar-refractivity contribution is 0.763. The molecule has 0 aromatic heterocycles. The maximum absolute atomic E-state index is 2.28. The summed E-state index contributed by atoms with van der Waals surface area (Å²) >= 11 is 0. The van der Waals surface area contributed by atoms with E-state index in [1.165, 1.54) is 16.7 Å². The lowest BCUT2D eigenvalue weighted by atomic mass is 9.93. The molecule has 0 radical (unpaired) electrons. The van der Waals surface area contributed by atoms with Gasteiger partial charge in [-0.2, -0.15) is 0 Å². The van der Waals surface area contributed by atoms with Gasteiger partial charge in [-0.1, -0.05) is 75.8 Å². The fourth-order valence-electron chi connectivity index (χ4n) is 1.88. The first kappa shape index (κ1) is 14.8. The van der Waals surface area contributed by atoms with Crippen molar-refractivity contribution in [1.29, 1.82) is 0 Å². The van der Waals surface area contributed by atoms with E-state index in [0.717, 1.165) is 6.42 Å². The molecule has 0 aliphatic heterocycles. The molecule has 1 rings (SSSR count). The van der Waals surface area contributed by atoms with Crippen LogP contribution >= 0.6 is 0 Å². The van der Waals surface area contributed by atoms with Crippen molar-refractivity contribution in [3.05, 3.63) is 59.3 Å². The molecule has 1 unspecified atom stereocenters. The van der Waals surface area contributed by atoms with Crippen molar-refractivity contribution in [3.8, 4) is 0 Å². The van der Waals surface area contributed by atoms with Gasteiger partial charge in [0.05, 0.1) is 0 Å². The molecule has 0 aromatic rings. The van der Waals surface area contributed by atoms with Gasteiger partial charge in [-0.05, 0) is 36.3 Å². The van der Waals surface area contributed by atoms with Crippen LogP contribution in [0.5, 0.6) is 0 Å². The summed E-state index contributed by atoms with van der Waals surface area (Å²) in [5.74, 6) is 1.10. The van der Waals surface area contributed by atoms with Crippen LogP contribution in [-0.4, -0.2) is 0 Å². The SMILES string of the molecule is CC/C=C/C=C1/C=CC(C)C=C/C1=C(/C)C(C)C. The molecule has 0 fully saturated rings. The van der Waals surface area contributed by atoms with E-state index in [0.29, 0.717) is 11.8 Å². The zero-order valence-electron chi connectivity index (χ0n) is 12.4. The van der Waals surface area contributed by atoms with Crippen LogP contribution in [0.1, 0.15) is 41.0 Å². The highest BCUT2D eigenvalue weighted by atomic mass is 14.1. The predicted octanol–water partition coefficient (Wildman–Crippen LogP) is 5.61. The van der Waals surface area contributed by atoms with Gasteiger partial charge in [0, 0.05) is 0 Å². The van der Waals surface area contributed by atoms with Gasteiger partial charge in [-0.3, -0.25) is 0 Å². The van der Waals surface area contributed by atoms with Crippen molar-refractivity contribution < 1.29 is 0 Å². The second-order valence-corrected chi connectivity index (χ2v) is 5.29. The molecule has 0 amide bonds. The zero-order valence-corrected chi connectivity index (χ0v) is 12.4. The average Bonchev–Trinajstić information content (AvgIpc) is 2.51. The highest BCUT2D eigenvalue weighted by Crippen LogP contribution is 2.26. The average molecular weight is 242 g/mol. The molecular formula is C18H26. The van der Waals surface area contributed by atoms with Crippen LogP contribution < -0.4 is 0 Å². The van der Waals surface area contributed by atoms with E-state index in [1.807, 2.05) is 0 Å². The van der Waals surface area contributed by atoms with Crippen LogP contribution in [0.15, 0.2) is 59.3 Å². The number of rotatable bonds is 3. The van der Waals surface area contributed by atoms with E-state index < -0.39 is 0 Å². The van der Waals surface area contributed by atoms with Gasteiger partial charge in [0.15, 0.2) is 0 Å². The molecule has 0 saturated heterocycles. The maximum atomic E-state index is 2.28. The van der Waals surface area contributed by atoms with E-state index in [1.54, 1.807) is 0 Å². The largest absolute Gasteiger partial charge is 0.0848 e. The van der Waals surface area contributed by atoms with Gasteiger partial charge in [-0.15, -0.1) is 0 Å². The van der Waals surface area contributed by atoms with Crippen molar-refractivity contribution in [3.63, 3.8) is 0 Å². The summed E-state index contributed by atoms with van der Waals surface area (Å²) in [7, 11) is 0. The molecule has 0 aromatic carbocycles.